The Labute approximate surface area is 165 Å². The lowest BCUT2D eigenvalue weighted by Gasteiger charge is -2.06. The number of rotatable bonds is 5. The van der Waals surface area contributed by atoms with Gasteiger partial charge in [0.1, 0.15) is 6.54 Å². The first-order valence-electron chi connectivity index (χ1n) is 8.51. The molecule has 0 aliphatic rings. The van der Waals surface area contributed by atoms with Crippen molar-refractivity contribution in [2.24, 2.45) is 4.99 Å². The van der Waals surface area contributed by atoms with E-state index in [0.717, 1.165) is 20.7 Å². The molecule has 2 aromatic carbocycles. The second-order valence-electron chi connectivity index (χ2n) is 5.86. The lowest BCUT2D eigenvalue weighted by atomic mass is 10.2. The third-order valence-corrected chi connectivity index (χ3v) is 5.80. The molecule has 0 saturated carbocycles. The number of aryl methyl sites for hydroxylation is 1. The van der Waals surface area contributed by atoms with Gasteiger partial charge in [0, 0.05) is 4.90 Å². The van der Waals surface area contributed by atoms with E-state index in [1.165, 1.54) is 23.1 Å². The van der Waals surface area contributed by atoms with E-state index in [-0.39, 0.29) is 18.4 Å². The lowest BCUT2D eigenvalue weighted by molar-refractivity contribution is -0.143. The number of amides is 1. The van der Waals surface area contributed by atoms with Gasteiger partial charge in [0.05, 0.1) is 22.4 Å². The number of carbonyl (C=O) groups is 2. The number of aromatic nitrogens is 1. The van der Waals surface area contributed by atoms with Crippen molar-refractivity contribution in [2.75, 3.05) is 12.9 Å². The molecule has 0 aliphatic heterocycles. The second kappa shape index (κ2) is 8.54. The van der Waals surface area contributed by atoms with Gasteiger partial charge in [-0.15, -0.1) is 11.8 Å². The molecule has 0 N–H and O–H groups in total. The number of esters is 1. The quantitative estimate of drug-likeness (QED) is 0.479. The zero-order valence-electron chi connectivity index (χ0n) is 15.4. The average molecular weight is 401 g/mol. The van der Waals surface area contributed by atoms with Crippen LogP contribution in [0.5, 0.6) is 0 Å². The number of fused-ring (bicyclic) bond motifs is 1. The minimum absolute atomic E-state index is 0.0210. The molecule has 0 saturated heterocycles. The highest BCUT2D eigenvalue weighted by molar-refractivity contribution is 7.98. The first-order valence-corrected chi connectivity index (χ1v) is 10.5. The zero-order valence-corrected chi connectivity index (χ0v) is 17.0. The summed E-state index contributed by atoms with van der Waals surface area (Å²) in [5.41, 5.74) is 2.53. The summed E-state index contributed by atoms with van der Waals surface area (Å²) in [5.74, 6) is -0.669. The Bertz CT molecular complexity index is 1070. The summed E-state index contributed by atoms with van der Waals surface area (Å²) in [6.45, 7) is 4.11. The number of thiazole rings is 1. The van der Waals surface area contributed by atoms with Gasteiger partial charge in [0.15, 0.2) is 4.80 Å². The molecule has 1 amide bonds. The van der Waals surface area contributed by atoms with Crippen molar-refractivity contribution >= 4 is 45.2 Å². The Morgan fingerprint density at radius 3 is 2.74 bits per heavy atom. The monoisotopic (exact) mass is 400 g/mol. The first kappa shape index (κ1) is 19.4. The number of hydrogen-bond acceptors (Lipinski definition) is 5. The predicted molar refractivity (Wildman–Crippen MR) is 109 cm³/mol. The highest BCUT2D eigenvalue weighted by atomic mass is 32.2. The highest BCUT2D eigenvalue weighted by Gasteiger charge is 2.14. The van der Waals surface area contributed by atoms with Crippen molar-refractivity contribution in [3.8, 4) is 0 Å². The van der Waals surface area contributed by atoms with Crippen molar-refractivity contribution < 1.29 is 14.3 Å². The van der Waals surface area contributed by atoms with Crippen LogP contribution in [0, 0.1) is 6.92 Å². The van der Waals surface area contributed by atoms with E-state index in [9.17, 15) is 9.59 Å². The van der Waals surface area contributed by atoms with Gasteiger partial charge < -0.3 is 9.30 Å². The van der Waals surface area contributed by atoms with Crippen molar-refractivity contribution in [1.29, 1.82) is 0 Å². The fourth-order valence-corrected chi connectivity index (χ4v) is 4.44. The van der Waals surface area contributed by atoms with E-state index in [0.29, 0.717) is 17.0 Å². The Morgan fingerprint density at radius 2 is 2.00 bits per heavy atom. The van der Waals surface area contributed by atoms with E-state index in [1.54, 1.807) is 17.6 Å². The maximum atomic E-state index is 12.8. The van der Waals surface area contributed by atoms with E-state index < -0.39 is 0 Å². The molecule has 3 aromatic rings. The van der Waals surface area contributed by atoms with Crippen LogP contribution in [0.1, 0.15) is 22.8 Å². The van der Waals surface area contributed by atoms with Crippen LogP contribution in [0.2, 0.25) is 0 Å². The Kier molecular flexibility index (Phi) is 6.13. The molecule has 140 valence electrons. The van der Waals surface area contributed by atoms with Gasteiger partial charge in [-0.25, -0.2) is 0 Å². The van der Waals surface area contributed by atoms with Crippen LogP contribution in [-0.2, 0) is 16.1 Å². The molecule has 0 fully saturated rings. The van der Waals surface area contributed by atoms with Crippen LogP contribution in [0.25, 0.3) is 10.2 Å². The Morgan fingerprint density at radius 1 is 1.22 bits per heavy atom. The molecule has 0 radical (unpaired) electrons. The summed E-state index contributed by atoms with van der Waals surface area (Å²) in [6.07, 6.45) is 1.93. The third-order valence-electron chi connectivity index (χ3n) is 3.97. The molecule has 0 aliphatic carbocycles. The number of thioether (sulfide) groups is 1. The van der Waals surface area contributed by atoms with Crippen LogP contribution in [0.4, 0.5) is 0 Å². The van der Waals surface area contributed by atoms with Crippen LogP contribution in [0.3, 0.4) is 0 Å². The first-order chi connectivity index (χ1) is 13.0. The van der Waals surface area contributed by atoms with E-state index in [4.69, 9.17) is 4.74 Å². The normalized spacial score (nSPS) is 11.7. The van der Waals surface area contributed by atoms with Crippen molar-refractivity contribution in [3.63, 3.8) is 0 Å². The molecule has 1 heterocycles. The van der Waals surface area contributed by atoms with Crippen LogP contribution in [0.15, 0.2) is 52.4 Å². The maximum Gasteiger partial charge on any atom is 0.326 e. The highest BCUT2D eigenvalue weighted by Crippen LogP contribution is 2.22. The summed E-state index contributed by atoms with van der Waals surface area (Å²) < 4.78 is 7.81. The lowest BCUT2D eigenvalue weighted by Crippen LogP contribution is -2.23. The number of nitrogens with zero attached hydrogens (tertiary/aromatic N) is 2. The molecule has 0 spiro atoms. The largest absolute Gasteiger partial charge is 0.465 e. The molecule has 0 unspecified atom stereocenters. The van der Waals surface area contributed by atoms with Gasteiger partial charge in [-0.05, 0) is 49.9 Å². The topological polar surface area (TPSA) is 60.7 Å². The summed E-state index contributed by atoms with van der Waals surface area (Å²) in [4.78, 5) is 30.6. The molecule has 7 heteroatoms. The predicted octanol–water partition coefficient (Wildman–Crippen LogP) is 4.04. The molecular formula is C20H20N2O3S2. The van der Waals surface area contributed by atoms with Crippen molar-refractivity contribution in [3.05, 3.63) is 58.4 Å². The summed E-state index contributed by atoms with van der Waals surface area (Å²) >= 11 is 2.90. The molecule has 1 aromatic heterocycles. The van der Waals surface area contributed by atoms with Crippen LogP contribution < -0.4 is 4.80 Å². The summed E-state index contributed by atoms with van der Waals surface area (Å²) in [6, 6.07) is 13.3. The van der Waals surface area contributed by atoms with E-state index >= 15 is 0 Å². The molecule has 0 bridgehead atoms. The number of ether oxygens (including phenoxy) is 1. The van der Waals surface area contributed by atoms with E-state index in [2.05, 4.69) is 4.99 Å². The zero-order chi connectivity index (χ0) is 19.4. The van der Waals surface area contributed by atoms with Gasteiger partial charge in [-0.3, -0.25) is 9.59 Å². The minimum atomic E-state index is -0.351. The fourth-order valence-electron chi connectivity index (χ4n) is 2.72. The van der Waals surface area contributed by atoms with Crippen molar-refractivity contribution in [1.82, 2.24) is 4.57 Å². The molecule has 0 atom stereocenters. The molecular weight excluding hydrogens is 380 g/mol. The fraction of sp³-hybridized carbons (Fsp3) is 0.250. The van der Waals surface area contributed by atoms with Crippen LogP contribution >= 0.6 is 23.1 Å². The van der Waals surface area contributed by atoms with Gasteiger partial charge in [0.25, 0.3) is 5.91 Å². The van der Waals surface area contributed by atoms with Gasteiger partial charge in [0.2, 0.25) is 0 Å². The maximum absolute atomic E-state index is 12.8. The molecule has 5 nitrogen and oxygen atoms in total. The smallest absolute Gasteiger partial charge is 0.326 e. The second-order valence-corrected chi connectivity index (χ2v) is 7.72. The summed E-state index contributed by atoms with van der Waals surface area (Å²) in [5, 5.41) is 0. The van der Waals surface area contributed by atoms with Gasteiger partial charge in [-0.2, -0.15) is 4.99 Å². The molecule has 3 rings (SSSR count). The number of benzene rings is 2. The summed E-state index contributed by atoms with van der Waals surface area (Å²) in [7, 11) is 0. The third kappa shape index (κ3) is 4.31. The van der Waals surface area contributed by atoms with Gasteiger partial charge >= 0.3 is 5.97 Å². The van der Waals surface area contributed by atoms with E-state index in [1.807, 2.05) is 49.6 Å². The SMILES string of the molecule is CCOC(=O)Cn1c(=NC(=O)c2ccccc2SC)sc2cc(C)ccc21. The van der Waals surface area contributed by atoms with Crippen molar-refractivity contribution in [2.45, 2.75) is 25.3 Å². The standard InChI is InChI=1S/C20H20N2O3S2/c1-4-25-18(23)12-22-15-10-9-13(2)11-17(15)27-20(22)21-19(24)14-7-5-6-8-16(14)26-3/h5-11H,4,12H2,1-3H3. The number of hydrogen-bond donors (Lipinski definition) is 0. The molecule has 27 heavy (non-hydrogen) atoms. The minimum Gasteiger partial charge on any atom is -0.465 e. The van der Waals surface area contributed by atoms with Crippen LogP contribution in [-0.4, -0.2) is 29.3 Å². The average Bonchev–Trinajstić information content (AvgIpc) is 2.97. The Hall–Kier alpha value is -2.38. The Balaban J connectivity index is 2.13. The number of carbonyl (C=O) groups excluding carboxylic acids is 2. The van der Waals surface area contributed by atoms with Gasteiger partial charge in [-0.1, -0.05) is 29.5 Å².